The lowest BCUT2D eigenvalue weighted by atomic mass is 10.2. The van der Waals surface area contributed by atoms with Crippen molar-refractivity contribution in [3.05, 3.63) is 53.8 Å². The fourth-order valence-electron chi connectivity index (χ4n) is 2.10. The SMILES string of the molecule is CCC(=O)Nc1nc2cc(NC(=O)c3cccc(F)c3)ccc2s1. The van der Waals surface area contributed by atoms with Gasteiger partial charge < -0.3 is 10.6 Å². The first-order chi connectivity index (χ1) is 11.5. The van der Waals surface area contributed by atoms with Crippen molar-refractivity contribution in [1.29, 1.82) is 0 Å². The van der Waals surface area contributed by atoms with Gasteiger partial charge in [-0.1, -0.05) is 24.3 Å². The minimum atomic E-state index is -0.464. The molecule has 1 aromatic heterocycles. The number of halogens is 1. The van der Waals surface area contributed by atoms with E-state index < -0.39 is 11.7 Å². The molecule has 3 rings (SSSR count). The summed E-state index contributed by atoms with van der Waals surface area (Å²) in [6.07, 6.45) is 0.380. The van der Waals surface area contributed by atoms with Crippen molar-refractivity contribution < 1.29 is 14.0 Å². The summed E-state index contributed by atoms with van der Waals surface area (Å²) in [7, 11) is 0. The van der Waals surface area contributed by atoms with E-state index in [1.165, 1.54) is 35.6 Å². The quantitative estimate of drug-likeness (QED) is 0.751. The average molecular weight is 343 g/mol. The standard InChI is InChI=1S/C17H14FN3O2S/c1-2-15(22)21-17-20-13-9-12(6-7-14(13)24-17)19-16(23)10-4-3-5-11(18)8-10/h3-9H,2H2,1H3,(H,19,23)(H,20,21,22). The Morgan fingerprint density at radius 1 is 1.17 bits per heavy atom. The van der Waals surface area contributed by atoms with Crippen LogP contribution in [0.1, 0.15) is 23.7 Å². The van der Waals surface area contributed by atoms with E-state index in [1.54, 1.807) is 19.1 Å². The second kappa shape index (κ2) is 6.76. The molecule has 0 saturated heterocycles. The molecule has 0 unspecified atom stereocenters. The van der Waals surface area contributed by atoms with E-state index in [9.17, 15) is 14.0 Å². The Hall–Kier alpha value is -2.80. The number of nitrogens with zero attached hydrogens (tertiary/aromatic N) is 1. The Bertz CT molecular complexity index is 923. The predicted octanol–water partition coefficient (Wildman–Crippen LogP) is 4.04. The van der Waals surface area contributed by atoms with Crippen molar-refractivity contribution in [3.63, 3.8) is 0 Å². The lowest BCUT2D eigenvalue weighted by Crippen LogP contribution is -2.11. The number of carbonyl (C=O) groups is 2. The molecular weight excluding hydrogens is 329 g/mol. The Morgan fingerprint density at radius 3 is 2.75 bits per heavy atom. The summed E-state index contributed by atoms with van der Waals surface area (Å²) >= 11 is 1.36. The molecule has 1 heterocycles. The zero-order chi connectivity index (χ0) is 17.1. The average Bonchev–Trinajstić information content (AvgIpc) is 2.96. The minimum absolute atomic E-state index is 0.103. The largest absolute Gasteiger partial charge is 0.322 e. The number of hydrogen-bond donors (Lipinski definition) is 2. The predicted molar refractivity (Wildman–Crippen MR) is 92.9 cm³/mol. The van der Waals surface area contributed by atoms with Crippen molar-refractivity contribution in [3.8, 4) is 0 Å². The monoisotopic (exact) mass is 343 g/mol. The summed E-state index contributed by atoms with van der Waals surface area (Å²) in [6.45, 7) is 1.77. The third-order valence-corrected chi connectivity index (χ3v) is 4.25. The van der Waals surface area contributed by atoms with Crippen LogP contribution in [0.25, 0.3) is 10.2 Å². The second-order valence-corrected chi connectivity index (χ2v) is 6.10. The van der Waals surface area contributed by atoms with E-state index in [2.05, 4.69) is 15.6 Å². The van der Waals surface area contributed by atoms with Crippen LogP contribution in [0.5, 0.6) is 0 Å². The zero-order valence-electron chi connectivity index (χ0n) is 12.8. The lowest BCUT2D eigenvalue weighted by molar-refractivity contribution is -0.115. The number of benzene rings is 2. The second-order valence-electron chi connectivity index (χ2n) is 5.07. The molecule has 0 fully saturated rings. The van der Waals surface area contributed by atoms with Gasteiger partial charge in [0.2, 0.25) is 5.91 Å². The normalized spacial score (nSPS) is 10.6. The molecular formula is C17H14FN3O2S. The van der Waals surface area contributed by atoms with Crippen LogP contribution in [-0.2, 0) is 4.79 Å². The highest BCUT2D eigenvalue weighted by Crippen LogP contribution is 2.28. The molecule has 0 bridgehead atoms. The summed E-state index contributed by atoms with van der Waals surface area (Å²) in [5, 5.41) is 5.94. The van der Waals surface area contributed by atoms with E-state index in [4.69, 9.17) is 0 Å². The number of aromatic nitrogens is 1. The number of thiazole rings is 1. The van der Waals surface area contributed by atoms with Crippen LogP contribution in [0, 0.1) is 5.82 Å². The van der Waals surface area contributed by atoms with Gasteiger partial charge in [-0.15, -0.1) is 0 Å². The molecule has 5 nitrogen and oxygen atoms in total. The van der Waals surface area contributed by atoms with Crippen molar-refractivity contribution in [2.24, 2.45) is 0 Å². The molecule has 0 spiro atoms. The van der Waals surface area contributed by atoms with Crippen LogP contribution in [0.3, 0.4) is 0 Å². The van der Waals surface area contributed by atoms with Gasteiger partial charge in [-0.25, -0.2) is 9.37 Å². The Kier molecular flexibility index (Phi) is 4.52. The van der Waals surface area contributed by atoms with Gasteiger partial charge >= 0.3 is 0 Å². The van der Waals surface area contributed by atoms with Gasteiger partial charge in [-0.2, -0.15) is 0 Å². The maximum absolute atomic E-state index is 13.2. The maximum Gasteiger partial charge on any atom is 0.255 e. The highest BCUT2D eigenvalue weighted by molar-refractivity contribution is 7.22. The topological polar surface area (TPSA) is 71.1 Å². The summed E-state index contributed by atoms with van der Waals surface area (Å²) in [5.74, 6) is -0.966. The van der Waals surface area contributed by atoms with Gasteiger partial charge in [0.1, 0.15) is 5.82 Å². The van der Waals surface area contributed by atoms with E-state index in [-0.39, 0.29) is 11.5 Å². The van der Waals surface area contributed by atoms with Gasteiger partial charge in [0, 0.05) is 17.7 Å². The first-order valence-corrected chi connectivity index (χ1v) is 8.14. The van der Waals surface area contributed by atoms with Gasteiger partial charge in [0.15, 0.2) is 5.13 Å². The number of hydrogen-bond acceptors (Lipinski definition) is 4. The molecule has 0 aliphatic rings. The molecule has 24 heavy (non-hydrogen) atoms. The van der Waals surface area contributed by atoms with Crippen LogP contribution >= 0.6 is 11.3 Å². The molecule has 0 radical (unpaired) electrons. The zero-order valence-corrected chi connectivity index (χ0v) is 13.6. The number of amides is 2. The fourth-order valence-corrected chi connectivity index (χ4v) is 2.96. The number of carbonyl (C=O) groups excluding carboxylic acids is 2. The minimum Gasteiger partial charge on any atom is -0.322 e. The number of rotatable bonds is 4. The molecule has 122 valence electrons. The molecule has 2 N–H and O–H groups in total. The first-order valence-electron chi connectivity index (χ1n) is 7.32. The van der Waals surface area contributed by atoms with E-state index in [1.807, 2.05) is 6.07 Å². The van der Waals surface area contributed by atoms with Crippen LogP contribution < -0.4 is 10.6 Å². The highest BCUT2D eigenvalue weighted by atomic mass is 32.1. The number of anilines is 2. The van der Waals surface area contributed by atoms with E-state index in [0.717, 1.165) is 4.70 Å². The van der Waals surface area contributed by atoms with Gasteiger partial charge in [0.05, 0.1) is 10.2 Å². The maximum atomic E-state index is 13.2. The Balaban J connectivity index is 1.80. The summed E-state index contributed by atoms with van der Waals surface area (Å²) in [6, 6.07) is 10.7. The van der Waals surface area contributed by atoms with Crippen molar-refractivity contribution >= 4 is 44.2 Å². The molecule has 0 aliphatic carbocycles. The molecule has 0 atom stereocenters. The first kappa shape index (κ1) is 16.1. The number of fused-ring (bicyclic) bond motifs is 1. The van der Waals surface area contributed by atoms with Gasteiger partial charge in [-0.3, -0.25) is 9.59 Å². The smallest absolute Gasteiger partial charge is 0.255 e. The summed E-state index contributed by atoms with van der Waals surface area (Å²) < 4.78 is 14.1. The van der Waals surface area contributed by atoms with Crippen LogP contribution in [0.15, 0.2) is 42.5 Å². The van der Waals surface area contributed by atoms with Crippen LogP contribution in [0.4, 0.5) is 15.2 Å². The van der Waals surface area contributed by atoms with Gasteiger partial charge in [-0.05, 0) is 36.4 Å². The molecule has 3 aromatic rings. The summed E-state index contributed by atoms with van der Waals surface area (Å²) in [5.41, 5.74) is 1.46. The van der Waals surface area contributed by atoms with E-state index in [0.29, 0.717) is 22.8 Å². The van der Waals surface area contributed by atoms with Crippen molar-refractivity contribution in [2.75, 3.05) is 10.6 Å². The highest BCUT2D eigenvalue weighted by Gasteiger charge is 2.10. The van der Waals surface area contributed by atoms with Gasteiger partial charge in [0.25, 0.3) is 5.91 Å². The lowest BCUT2D eigenvalue weighted by Gasteiger charge is -2.05. The Morgan fingerprint density at radius 2 is 2.00 bits per heavy atom. The molecule has 2 amide bonds. The molecule has 0 aliphatic heterocycles. The molecule has 2 aromatic carbocycles. The number of nitrogens with one attached hydrogen (secondary N) is 2. The molecule has 0 saturated carbocycles. The third-order valence-electron chi connectivity index (χ3n) is 3.30. The Labute approximate surface area is 141 Å². The fraction of sp³-hybridized carbons (Fsp3) is 0.118. The van der Waals surface area contributed by atoms with Crippen LogP contribution in [0.2, 0.25) is 0 Å². The van der Waals surface area contributed by atoms with E-state index >= 15 is 0 Å². The third kappa shape index (κ3) is 3.57. The molecule has 7 heteroatoms. The van der Waals surface area contributed by atoms with Crippen molar-refractivity contribution in [2.45, 2.75) is 13.3 Å². The summed E-state index contributed by atoms with van der Waals surface area (Å²) in [4.78, 5) is 27.9. The van der Waals surface area contributed by atoms with Crippen molar-refractivity contribution in [1.82, 2.24) is 4.98 Å². The van der Waals surface area contributed by atoms with Crippen LogP contribution in [-0.4, -0.2) is 16.8 Å².